The third-order valence-corrected chi connectivity index (χ3v) is 5.28. The number of carbonyl (C=O) groups is 1. The molecule has 0 bridgehead atoms. The number of benzene rings is 1. The van der Waals surface area contributed by atoms with Gasteiger partial charge in [-0.2, -0.15) is 0 Å². The van der Waals surface area contributed by atoms with Gasteiger partial charge in [-0.1, -0.05) is 32.0 Å². The SMILES string of the molecule is CC(C)CC(CSc1ccccc1)N1CCN(C)CCC1=O. The van der Waals surface area contributed by atoms with E-state index in [1.165, 1.54) is 4.90 Å². The molecule has 1 atom stereocenters. The summed E-state index contributed by atoms with van der Waals surface area (Å²) in [5.74, 6) is 1.91. The fraction of sp³-hybridized carbons (Fsp3) is 0.611. The Kier molecular flexibility index (Phi) is 6.77. The van der Waals surface area contributed by atoms with Gasteiger partial charge in [-0.25, -0.2) is 0 Å². The van der Waals surface area contributed by atoms with Gasteiger partial charge in [0, 0.05) is 42.7 Å². The Morgan fingerprint density at radius 1 is 1.14 bits per heavy atom. The number of likely N-dealkylation sites (N-methyl/N-ethyl adjacent to an activating group) is 1. The van der Waals surface area contributed by atoms with Gasteiger partial charge in [0.1, 0.15) is 0 Å². The maximum Gasteiger partial charge on any atom is 0.224 e. The van der Waals surface area contributed by atoms with Crippen molar-refractivity contribution in [1.29, 1.82) is 0 Å². The maximum atomic E-state index is 12.5. The average molecular weight is 321 g/mol. The van der Waals surface area contributed by atoms with Crippen LogP contribution in [0.15, 0.2) is 35.2 Å². The summed E-state index contributed by atoms with van der Waals surface area (Å²) in [4.78, 5) is 18.2. The molecule has 1 aliphatic rings. The van der Waals surface area contributed by atoms with Gasteiger partial charge >= 0.3 is 0 Å². The average Bonchev–Trinajstić information content (AvgIpc) is 2.66. The number of amides is 1. The van der Waals surface area contributed by atoms with Crippen LogP contribution in [0.25, 0.3) is 0 Å². The van der Waals surface area contributed by atoms with E-state index in [9.17, 15) is 4.79 Å². The second-order valence-corrected chi connectivity index (χ2v) is 7.64. The van der Waals surface area contributed by atoms with E-state index < -0.39 is 0 Å². The van der Waals surface area contributed by atoms with E-state index in [0.29, 0.717) is 24.3 Å². The molecule has 22 heavy (non-hydrogen) atoms. The van der Waals surface area contributed by atoms with Gasteiger partial charge in [-0.15, -0.1) is 11.8 Å². The van der Waals surface area contributed by atoms with E-state index in [1.807, 2.05) is 17.8 Å². The van der Waals surface area contributed by atoms with Crippen molar-refractivity contribution in [2.75, 3.05) is 32.4 Å². The predicted octanol–water partition coefficient (Wildman–Crippen LogP) is 3.36. The van der Waals surface area contributed by atoms with Gasteiger partial charge in [0.2, 0.25) is 5.91 Å². The first-order valence-electron chi connectivity index (χ1n) is 8.22. The van der Waals surface area contributed by atoms with E-state index in [4.69, 9.17) is 0 Å². The molecular weight excluding hydrogens is 292 g/mol. The summed E-state index contributed by atoms with van der Waals surface area (Å²) in [6.07, 6.45) is 1.73. The Morgan fingerprint density at radius 2 is 1.86 bits per heavy atom. The number of rotatable bonds is 6. The fourth-order valence-electron chi connectivity index (χ4n) is 2.87. The van der Waals surface area contributed by atoms with Crippen LogP contribution >= 0.6 is 11.8 Å². The zero-order valence-electron chi connectivity index (χ0n) is 14.0. The molecule has 1 saturated heterocycles. The lowest BCUT2D eigenvalue weighted by Crippen LogP contribution is -2.43. The first-order chi connectivity index (χ1) is 10.6. The van der Waals surface area contributed by atoms with Gasteiger partial charge < -0.3 is 9.80 Å². The highest BCUT2D eigenvalue weighted by molar-refractivity contribution is 7.99. The third kappa shape index (κ3) is 5.33. The van der Waals surface area contributed by atoms with Crippen molar-refractivity contribution in [3.8, 4) is 0 Å². The van der Waals surface area contributed by atoms with Gasteiger partial charge in [0.15, 0.2) is 0 Å². The monoisotopic (exact) mass is 320 g/mol. The van der Waals surface area contributed by atoms with Crippen LogP contribution in [0, 0.1) is 5.92 Å². The standard InChI is InChI=1S/C18H28N2OS/c1-15(2)13-16(14-22-17-7-5-4-6-8-17)20-12-11-19(3)10-9-18(20)21/h4-8,15-16H,9-14H2,1-3H3. The molecule has 4 heteroatoms. The Bertz CT molecular complexity index is 463. The number of hydrogen-bond donors (Lipinski definition) is 0. The van der Waals surface area contributed by atoms with Crippen LogP contribution in [-0.4, -0.2) is 54.2 Å². The summed E-state index contributed by atoms with van der Waals surface area (Å²) < 4.78 is 0. The molecule has 2 rings (SSSR count). The molecule has 1 aromatic rings. The lowest BCUT2D eigenvalue weighted by Gasteiger charge is -2.32. The van der Waals surface area contributed by atoms with Crippen LogP contribution in [0.2, 0.25) is 0 Å². The second kappa shape index (κ2) is 8.59. The second-order valence-electron chi connectivity index (χ2n) is 6.55. The van der Waals surface area contributed by atoms with Crippen molar-refractivity contribution in [1.82, 2.24) is 9.80 Å². The van der Waals surface area contributed by atoms with Crippen LogP contribution in [0.5, 0.6) is 0 Å². The topological polar surface area (TPSA) is 23.6 Å². The summed E-state index contributed by atoms with van der Waals surface area (Å²) in [6, 6.07) is 10.8. The van der Waals surface area contributed by atoms with Crippen molar-refractivity contribution in [2.45, 2.75) is 37.6 Å². The highest BCUT2D eigenvalue weighted by Gasteiger charge is 2.26. The quantitative estimate of drug-likeness (QED) is 0.751. The number of hydrogen-bond acceptors (Lipinski definition) is 3. The van der Waals surface area contributed by atoms with Crippen molar-refractivity contribution in [3.63, 3.8) is 0 Å². The van der Waals surface area contributed by atoms with E-state index >= 15 is 0 Å². The van der Waals surface area contributed by atoms with E-state index in [2.05, 4.69) is 55.0 Å². The molecule has 0 aromatic heterocycles. The molecule has 0 radical (unpaired) electrons. The summed E-state index contributed by atoms with van der Waals surface area (Å²) in [5, 5.41) is 0. The van der Waals surface area contributed by atoms with Crippen molar-refractivity contribution < 1.29 is 4.79 Å². The number of carbonyl (C=O) groups excluding carboxylic acids is 1. The molecule has 1 amide bonds. The predicted molar refractivity (Wildman–Crippen MR) is 94.2 cm³/mol. The summed E-state index contributed by atoms with van der Waals surface area (Å²) in [7, 11) is 2.10. The Hall–Kier alpha value is -1.00. The Labute approximate surface area is 139 Å². The maximum absolute atomic E-state index is 12.5. The zero-order chi connectivity index (χ0) is 15.9. The van der Waals surface area contributed by atoms with Crippen LogP contribution in [0.4, 0.5) is 0 Å². The first-order valence-corrected chi connectivity index (χ1v) is 9.20. The van der Waals surface area contributed by atoms with Crippen molar-refractivity contribution in [3.05, 3.63) is 30.3 Å². The first kappa shape index (κ1) is 17.4. The molecule has 0 N–H and O–H groups in total. The molecule has 1 aliphatic heterocycles. The van der Waals surface area contributed by atoms with Gasteiger partial charge in [0.05, 0.1) is 0 Å². The van der Waals surface area contributed by atoms with Crippen LogP contribution in [0.3, 0.4) is 0 Å². The van der Waals surface area contributed by atoms with Crippen LogP contribution in [0.1, 0.15) is 26.7 Å². The third-order valence-electron chi connectivity index (χ3n) is 4.12. The molecule has 1 aromatic carbocycles. The minimum atomic E-state index is 0.323. The summed E-state index contributed by atoms with van der Waals surface area (Å²) >= 11 is 1.87. The number of thioether (sulfide) groups is 1. The Morgan fingerprint density at radius 3 is 2.55 bits per heavy atom. The summed E-state index contributed by atoms with van der Waals surface area (Å²) in [6.45, 7) is 7.22. The molecule has 0 saturated carbocycles. The highest BCUT2D eigenvalue weighted by Crippen LogP contribution is 2.24. The molecule has 122 valence electrons. The van der Waals surface area contributed by atoms with Crippen molar-refractivity contribution in [2.24, 2.45) is 5.92 Å². The summed E-state index contributed by atoms with van der Waals surface area (Å²) in [5.41, 5.74) is 0. The smallest absolute Gasteiger partial charge is 0.224 e. The molecule has 0 aliphatic carbocycles. The van der Waals surface area contributed by atoms with Crippen LogP contribution in [-0.2, 0) is 4.79 Å². The number of nitrogens with zero attached hydrogens (tertiary/aromatic N) is 2. The molecular formula is C18H28N2OS. The fourth-order valence-corrected chi connectivity index (χ4v) is 3.92. The Balaban J connectivity index is 2.02. The minimum Gasteiger partial charge on any atom is -0.338 e. The lowest BCUT2D eigenvalue weighted by molar-refractivity contribution is -0.132. The van der Waals surface area contributed by atoms with Gasteiger partial charge in [0.25, 0.3) is 0 Å². The highest BCUT2D eigenvalue weighted by atomic mass is 32.2. The molecule has 0 spiro atoms. The van der Waals surface area contributed by atoms with Crippen LogP contribution < -0.4 is 0 Å². The van der Waals surface area contributed by atoms with E-state index in [-0.39, 0.29) is 0 Å². The molecule has 3 nitrogen and oxygen atoms in total. The van der Waals surface area contributed by atoms with Crippen molar-refractivity contribution >= 4 is 17.7 Å². The van der Waals surface area contributed by atoms with Gasteiger partial charge in [-0.05, 0) is 31.5 Å². The molecule has 1 fully saturated rings. The zero-order valence-corrected chi connectivity index (χ0v) is 14.8. The van der Waals surface area contributed by atoms with Gasteiger partial charge in [-0.3, -0.25) is 4.79 Å². The molecule has 1 unspecified atom stereocenters. The lowest BCUT2D eigenvalue weighted by atomic mass is 10.0. The molecule has 1 heterocycles. The minimum absolute atomic E-state index is 0.323. The van der Waals surface area contributed by atoms with E-state index in [0.717, 1.165) is 31.8 Å². The van der Waals surface area contributed by atoms with E-state index in [1.54, 1.807) is 0 Å². The largest absolute Gasteiger partial charge is 0.338 e. The normalized spacial score (nSPS) is 18.5.